The van der Waals surface area contributed by atoms with Crippen molar-refractivity contribution >= 4 is 27.3 Å². The van der Waals surface area contributed by atoms with Gasteiger partial charge in [0.2, 0.25) is 5.91 Å². The monoisotopic (exact) mass is 400 g/mol. The van der Waals surface area contributed by atoms with E-state index in [1.54, 1.807) is 0 Å². The lowest BCUT2D eigenvalue weighted by molar-refractivity contribution is -0.128. The highest BCUT2D eigenvalue weighted by Crippen LogP contribution is 2.40. The number of carbonyl (C=O) groups is 1. The molecule has 0 radical (unpaired) electrons. The number of rotatable bonds is 5. The number of nitrogens with zero attached hydrogens (tertiary/aromatic N) is 1. The summed E-state index contributed by atoms with van der Waals surface area (Å²) in [5.74, 6) is -1.68. The van der Waals surface area contributed by atoms with Crippen molar-refractivity contribution in [1.29, 1.82) is 5.26 Å². The van der Waals surface area contributed by atoms with Crippen LogP contribution < -0.4 is 5.32 Å². The van der Waals surface area contributed by atoms with Gasteiger partial charge in [-0.05, 0) is 43.9 Å². The van der Waals surface area contributed by atoms with E-state index in [0.717, 1.165) is 18.2 Å². The topological polar surface area (TPSA) is 96.3 Å². The number of amides is 1. The van der Waals surface area contributed by atoms with Crippen LogP contribution in [0.4, 0.5) is 4.39 Å². The molecular weight excluding hydrogens is 383 g/mol. The number of ether oxygens (including phenoxy) is 1. The SMILES string of the molecule is CO[C@H]1CC(S(=O)(=O)c2ccc(F)cc2Cl)C[C@@H]1C(=O)NC1(C#N)CC1. The highest BCUT2D eigenvalue weighted by atomic mass is 35.5. The summed E-state index contributed by atoms with van der Waals surface area (Å²) in [7, 11) is -2.43. The second-order valence-corrected chi connectivity index (χ2v) is 9.38. The summed E-state index contributed by atoms with van der Waals surface area (Å²) >= 11 is 5.91. The standard InChI is InChI=1S/C17H18ClFN2O4S/c1-25-14-8-11(7-12(14)16(22)21-17(9-20)4-5-17)26(23,24)15-3-2-10(19)6-13(15)18/h2-3,6,11-12,14H,4-5,7-8H2,1H3,(H,21,22)/t11?,12-,14-/m0/s1. The van der Waals surface area contributed by atoms with E-state index in [1.807, 2.05) is 0 Å². The molecule has 26 heavy (non-hydrogen) atoms. The first-order valence-electron chi connectivity index (χ1n) is 8.17. The number of halogens is 2. The second kappa shape index (κ2) is 6.80. The fourth-order valence-corrected chi connectivity index (χ4v) is 5.69. The van der Waals surface area contributed by atoms with Crippen molar-refractivity contribution in [2.24, 2.45) is 5.92 Å². The van der Waals surface area contributed by atoms with Gasteiger partial charge in [-0.2, -0.15) is 5.26 Å². The Kier molecular flexibility index (Phi) is 4.99. The second-order valence-electron chi connectivity index (χ2n) is 6.78. The molecule has 3 rings (SSSR count). The lowest BCUT2D eigenvalue weighted by Gasteiger charge is -2.19. The quantitative estimate of drug-likeness (QED) is 0.764. The molecular formula is C17H18ClFN2O4S. The van der Waals surface area contributed by atoms with Gasteiger partial charge in [0.1, 0.15) is 11.4 Å². The molecule has 9 heteroatoms. The Morgan fingerprint density at radius 2 is 2.12 bits per heavy atom. The summed E-state index contributed by atoms with van der Waals surface area (Å²) in [5.41, 5.74) is -0.827. The lowest BCUT2D eigenvalue weighted by atomic mass is 10.0. The summed E-state index contributed by atoms with van der Waals surface area (Å²) in [6, 6.07) is 5.20. The van der Waals surface area contributed by atoms with Crippen LogP contribution in [0.1, 0.15) is 25.7 Å². The molecule has 2 saturated carbocycles. The number of benzene rings is 1. The first-order valence-corrected chi connectivity index (χ1v) is 10.1. The maximum absolute atomic E-state index is 13.2. The maximum Gasteiger partial charge on any atom is 0.227 e. The van der Waals surface area contributed by atoms with E-state index in [0.29, 0.717) is 12.8 Å². The van der Waals surface area contributed by atoms with Gasteiger partial charge in [-0.15, -0.1) is 0 Å². The Balaban J connectivity index is 1.81. The van der Waals surface area contributed by atoms with Crippen LogP contribution in [0.5, 0.6) is 0 Å². The van der Waals surface area contributed by atoms with Crippen molar-refractivity contribution in [1.82, 2.24) is 5.32 Å². The largest absolute Gasteiger partial charge is 0.381 e. The van der Waals surface area contributed by atoms with Crippen molar-refractivity contribution in [3.63, 3.8) is 0 Å². The molecule has 0 saturated heterocycles. The number of nitriles is 1. The van der Waals surface area contributed by atoms with Crippen LogP contribution in [0.25, 0.3) is 0 Å². The highest BCUT2D eigenvalue weighted by molar-refractivity contribution is 7.92. The molecule has 1 amide bonds. The number of hydrogen-bond acceptors (Lipinski definition) is 5. The fourth-order valence-electron chi connectivity index (χ4n) is 3.35. The molecule has 6 nitrogen and oxygen atoms in total. The molecule has 2 fully saturated rings. The van der Waals surface area contributed by atoms with Gasteiger partial charge in [-0.1, -0.05) is 11.6 Å². The Hall–Kier alpha value is -1.69. The molecule has 1 unspecified atom stereocenters. The predicted octanol–water partition coefficient (Wildman–Crippen LogP) is 2.22. The van der Waals surface area contributed by atoms with Gasteiger partial charge in [0.15, 0.2) is 9.84 Å². The van der Waals surface area contributed by atoms with E-state index in [9.17, 15) is 17.6 Å². The summed E-state index contributed by atoms with van der Waals surface area (Å²) in [5, 5.41) is 10.8. The Morgan fingerprint density at radius 1 is 1.42 bits per heavy atom. The minimum atomic E-state index is -3.85. The van der Waals surface area contributed by atoms with E-state index >= 15 is 0 Å². The van der Waals surface area contributed by atoms with Gasteiger partial charge in [0.25, 0.3) is 0 Å². The molecule has 1 N–H and O–H groups in total. The van der Waals surface area contributed by atoms with E-state index in [4.69, 9.17) is 21.6 Å². The zero-order valence-corrected chi connectivity index (χ0v) is 15.6. The van der Waals surface area contributed by atoms with Crippen LogP contribution in [0, 0.1) is 23.1 Å². The van der Waals surface area contributed by atoms with Crippen LogP contribution in [-0.4, -0.2) is 38.3 Å². The molecule has 2 aliphatic rings. The Bertz CT molecular complexity index is 879. The molecule has 1 aromatic carbocycles. The van der Waals surface area contributed by atoms with E-state index in [1.165, 1.54) is 7.11 Å². The summed E-state index contributed by atoms with van der Waals surface area (Å²) in [6.07, 6.45) is 0.786. The normalized spacial score (nSPS) is 26.9. The molecule has 0 aliphatic heterocycles. The maximum atomic E-state index is 13.2. The minimum absolute atomic E-state index is 0.0574. The number of carbonyl (C=O) groups excluding carboxylic acids is 1. The van der Waals surface area contributed by atoms with E-state index in [2.05, 4.69) is 11.4 Å². The van der Waals surface area contributed by atoms with Gasteiger partial charge in [-0.3, -0.25) is 4.79 Å². The average Bonchev–Trinajstić information content (AvgIpc) is 3.20. The van der Waals surface area contributed by atoms with Crippen molar-refractivity contribution in [2.75, 3.05) is 7.11 Å². The molecule has 0 bridgehead atoms. The van der Waals surface area contributed by atoms with Crippen LogP contribution in [0.2, 0.25) is 5.02 Å². The number of sulfone groups is 1. The first kappa shape index (κ1) is 19.1. The van der Waals surface area contributed by atoms with E-state index < -0.39 is 38.5 Å². The molecule has 2 aliphatic carbocycles. The van der Waals surface area contributed by atoms with Crippen LogP contribution >= 0.6 is 11.6 Å². The third-order valence-electron chi connectivity index (χ3n) is 5.07. The van der Waals surface area contributed by atoms with Crippen LogP contribution in [-0.2, 0) is 19.4 Å². The summed E-state index contributed by atoms with van der Waals surface area (Å²) < 4.78 is 44.3. The third-order valence-corrected chi connectivity index (χ3v) is 7.72. The molecule has 3 atom stereocenters. The van der Waals surface area contributed by atoms with Crippen LogP contribution in [0.3, 0.4) is 0 Å². The predicted molar refractivity (Wildman–Crippen MR) is 91.6 cm³/mol. The van der Waals surface area contributed by atoms with Gasteiger partial charge < -0.3 is 10.1 Å². The molecule has 0 heterocycles. The van der Waals surface area contributed by atoms with E-state index in [-0.39, 0.29) is 28.7 Å². The van der Waals surface area contributed by atoms with Crippen molar-refractivity contribution in [2.45, 2.75) is 47.5 Å². The molecule has 0 spiro atoms. The number of hydrogen-bond donors (Lipinski definition) is 1. The smallest absolute Gasteiger partial charge is 0.227 e. The zero-order valence-electron chi connectivity index (χ0n) is 14.0. The van der Waals surface area contributed by atoms with Gasteiger partial charge in [-0.25, -0.2) is 12.8 Å². The van der Waals surface area contributed by atoms with Gasteiger partial charge in [0.05, 0.1) is 33.3 Å². The zero-order chi connectivity index (χ0) is 19.1. The Morgan fingerprint density at radius 3 is 2.65 bits per heavy atom. The van der Waals surface area contributed by atoms with Gasteiger partial charge >= 0.3 is 0 Å². The molecule has 140 valence electrons. The number of methoxy groups -OCH3 is 1. The summed E-state index contributed by atoms with van der Waals surface area (Å²) in [6.45, 7) is 0. The van der Waals surface area contributed by atoms with Crippen molar-refractivity contribution in [3.05, 3.63) is 29.0 Å². The lowest BCUT2D eigenvalue weighted by Crippen LogP contribution is -2.42. The summed E-state index contributed by atoms with van der Waals surface area (Å²) in [4.78, 5) is 12.4. The van der Waals surface area contributed by atoms with Crippen molar-refractivity contribution in [3.8, 4) is 6.07 Å². The average molecular weight is 401 g/mol. The molecule has 1 aromatic rings. The minimum Gasteiger partial charge on any atom is -0.381 e. The highest BCUT2D eigenvalue weighted by Gasteiger charge is 2.50. The Labute approximate surface area is 156 Å². The fraction of sp³-hybridized carbons (Fsp3) is 0.529. The van der Waals surface area contributed by atoms with Crippen molar-refractivity contribution < 1.29 is 22.3 Å². The van der Waals surface area contributed by atoms with Crippen LogP contribution in [0.15, 0.2) is 23.1 Å². The van der Waals surface area contributed by atoms with Gasteiger partial charge in [0, 0.05) is 7.11 Å². The number of nitrogens with one attached hydrogen (secondary N) is 1. The third kappa shape index (κ3) is 3.43. The molecule has 0 aromatic heterocycles. The first-order chi connectivity index (χ1) is 12.2.